The van der Waals surface area contributed by atoms with Crippen molar-refractivity contribution in [3.05, 3.63) is 0 Å². The molecule has 3 N–H and O–H groups in total. The van der Waals surface area contributed by atoms with E-state index in [2.05, 4.69) is 29.8 Å². The van der Waals surface area contributed by atoms with Gasteiger partial charge in [0, 0.05) is 26.2 Å². The Balaban J connectivity index is 0.0000185. The summed E-state index contributed by atoms with van der Waals surface area (Å²) in [6, 6.07) is 0. The van der Waals surface area contributed by atoms with Gasteiger partial charge in [0.1, 0.15) is 0 Å². The first-order valence-electron chi connectivity index (χ1n) is 19.5. The van der Waals surface area contributed by atoms with E-state index in [-0.39, 0.29) is 36.1 Å². The van der Waals surface area contributed by atoms with Crippen molar-refractivity contribution < 1.29 is 9.59 Å². The van der Waals surface area contributed by atoms with Crippen LogP contribution in [0.1, 0.15) is 194 Å². The molecule has 5 nitrogen and oxygen atoms in total. The lowest BCUT2D eigenvalue weighted by Gasteiger charge is -2.18. The van der Waals surface area contributed by atoms with Crippen molar-refractivity contribution in [1.29, 1.82) is 0 Å². The van der Waals surface area contributed by atoms with E-state index in [0.717, 1.165) is 25.9 Å². The molecule has 2 amide bonds. The van der Waals surface area contributed by atoms with E-state index in [1.807, 2.05) is 0 Å². The van der Waals surface area contributed by atoms with Crippen LogP contribution in [0, 0.1) is 11.8 Å². The molecule has 0 aliphatic carbocycles. The molecule has 262 valence electrons. The maximum atomic E-state index is 12.8. The number of unbranched alkanes of at least 4 members (excludes halogenated alkanes) is 26. The van der Waals surface area contributed by atoms with Crippen molar-refractivity contribution in [2.45, 2.75) is 194 Å². The van der Waals surface area contributed by atoms with Crippen LogP contribution >= 0.6 is 12.4 Å². The van der Waals surface area contributed by atoms with Gasteiger partial charge in [-0.25, -0.2) is 0 Å². The fraction of sp³-hybridized carbons (Fsp3) is 0.947. The van der Waals surface area contributed by atoms with E-state index in [1.165, 1.54) is 167 Å². The van der Waals surface area contributed by atoms with Crippen LogP contribution in [0.25, 0.3) is 0 Å². The summed E-state index contributed by atoms with van der Waals surface area (Å²) in [5.41, 5.74) is 0. The SMILES string of the molecule is CCCCCCCCCCCCCCCCNC(=O)[C@@H]1CNC[C@H]1C(=O)NCCCCCCCCCCCCCCCC.Cl. The van der Waals surface area contributed by atoms with Crippen LogP contribution in [-0.2, 0) is 9.59 Å². The molecule has 1 aliphatic heterocycles. The van der Waals surface area contributed by atoms with Gasteiger partial charge in [0.05, 0.1) is 11.8 Å². The number of hydrogen-bond donors (Lipinski definition) is 3. The van der Waals surface area contributed by atoms with E-state index < -0.39 is 0 Å². The second-order valence-electron chi connectivity index (χ2n) is 13.6. The molecule has 0 bridgehead atoms. The molecule has 1 heterocycles. The minimum atomic E-state index is -0.233. The Hall–Kier alpha value is -0.810. The summed E-state index contributed by atoms with van der Waals surface area (Å²) in [6.45, 7) is 7.26. The Morgan fingerprint density at radius 1 is 0.432 bits per heavy atom. The topological polar surface area (TPSA) is 70.2 Å². The minimum absolute atomic E-state index is 0. The van der Waals surface area contributed by atoms with Crippen LogP contribution in [0.15, 0.2) is 0 Å². The highest BCUT2D eigenvalue weighted by molar-refractivity contribution is 5.88. The normalized spacial score (nSPS) is 16.1. The quantitative estimate of drug-likeness (QED) is 0.0640. The molecule has 0 aromatic rings. The highest BCUT2D eigenvalue weighted by Gasteiger charge is 2.37. The molecule has 6 heteroatoms. The molecule has 1 aliphatic rings. The Morgan fingerprint density at radius 2 is 0.659 bits per heavy atom. The number of rotatable bonds is 32. The van der Waals surface area contributed by atoms with Crippen molar-refractivity contribution in [2.24, 2.45) is 11.8 Å². The third kappa shape index (κ3) is 25.4. The van der Waals surface area contributed by atoms with Crippen molar-refractivity contribution in [3.63, 3.8) is 0 Å². The number of halogens is 1. The number of carbonyl (C=O) groups excluding carboxylic acids is 2. The zero-order chi connectivity index (χ0) is 31.1. The highest BCUT2D eigenvalue weighted by Crippen LogP contribution is 2.18. The third-order valence-electron chi connectivity index (χ3n) is 9.55. The summed E-state index contributed by atoms with van der Waals surface area (Å²) in [4.78, 5) is 25.6. The Bertz CT molecular complexity index is 581. The molecule has 2 atom stereocenters. The van der Waals surface area contributed by atoms with Gasteiger partial charge in [-0.1, -0.05) is 181 Å². The van der Waals surface area contributed by atoms with Crippen LogP contribution in [0.3, 0.4) is 0 Å². The second kappa shape index (κ2) is 33.6. The zero-order valence-electron chi connectivity index (χ0n) is 29.5. The monoisotopic (exact) mass is 642 g/mol. The molecule has 1 saturated heterocycles. The predicted octanol–water partition coefficient (Wildman–Crippen LogP) is 10.4. The van der Waals surface area contributed by atoms with Gasteiger partial charge in [-0.15, -0.1) is 12.4 Å². The smallest absolute Gasteiger partial charge is 0.225 e. The van der Waals surface area contributed by atoms with Gasteiger partial charge in [0.2, 0.25) is 11.8 Å². The summed E-state index contributed by atoms with van der Waals surface area (Å²) >= 11 is 0. The van der Waals surface area contributed by atoms with Crippen molar-refractivity contribution in [1.82, 2.24) is 16.0 Å². The number of hydrogen-bond acceptors (Lipinski definition) is 3. The first-order chi connectivity index (χ1) is 21.2. The largest absolute Gasteiger partial charge is 0.356 e. The average molecular weight is 642 g/mol. The second-order valence-corrected chi connectivity index (χ2v) is 13.6. The lowest BCUT2D eigenvalue weighted by Crippen LogP contribution is -2.42. The van der Waals surface area contributed by atoms with E-state index >= 15 is 0 Å². The van der Waals surface area contributed by atoms with Gasteiger partial charge in [0.15, 0.2) is 0 Å². The lowest BCUT2D eigenvalue weighted by atomic mass is 9.94. The van der Waals surface area contributed by atoms with Crippen molar-refractivity contribution >= 4 is 24.2 Å². The first kappa shape index (κ1) is 43.2. The van der Waals surface area contributed by atoms with Gasteiger partial charge < -0.3 is 16.0 Å². The average Bonchev–Trinajstić information content (AvgIpc) is 3.51. The Morgan fingerprint density at radius 3 is 0.909 bits per heavy atom. The van der Waals surface area contributed by atoms with Gasteiger partial charge in [0.25, 0.3) is 0 Å². The Kier molecular flexibility index (Phi) is 32.9. The van der Waals surface area contributed by atoms with Gasteiger partial charge in [-0.3, -0.25) is 9.59 Å². The molecule has 0 aromatic carbocycles. The molecule has 44 heavy (non-hydrogen) atoms. The maximum absolute atomic E-state index is 12.8. The summed E-state index contributed by atoms with van der Waals surface area (Å²) in [5, 5.41) is 9.50. The van der Waals surface area contributed by atoms with Crippen molar-refractivity contribution in [2.75, 3.05) is 26.2 Å². The van der Waals surface area contributed by atoms with E-state index in [9.17, 15) is 9.59 Å². The van der Waals surface area contributed by atoms with Crippen LogP contribution in [0.5, 0.6) is 0 Å². The van der Waals surface area contributed by atoms with E-state index in [4.69, 9.17) is 0 Å². The number of amides is 2. The Labute approximate surface area is 280 Å². The molecular formula is C38H76ClN3O2. The molecule has 0 saturated carbocycles. The summed E-state index contributed by atoms with van der Waals surface area (Å²) < 4.78 is 0. The number of carbonyl (C=O) groups is 2. The van der Waals surface area contributed by atoms with Crippen LogP contribution in [0.4, 0.5) is 0 Å². The molecule has 1 rings (SSSR count). The van der Waals surface area contributed by atoms with Crippen LogP contribution < -0.4 is 16.0 Å². The number of nitrogens with one attached hydrogen (secondary N) is 3. The molecule has 0 aromatic heterocycles. The van der Waals surface area contributed by atoms with Crippen LogP contribution in [-0.4, -0.2) is 38.0 Å². The third-order valence-corrected chi connectivity index (χ3v) is 9.55. The predicted molar refractivity (Wildman–Crippen MR) is 194 cm³/mol. The fourth-order valence-electron chi connectivity index (χ4n) is 6.55. The molecule has 0 unspecified atom stereocenters. The molecular weight excluding hydrogens is 566 g/mol. The first-order valence-corrected chi connectivity index (χ1v) is 19.5. The highest BCUT2D eigenvalue weighted by atomic mass is 35.5. The standard InChI is InChI=1S/C38H75N3O2.ClH/c1-3-5-7-9-11-13-15-17-19-21-23-25-27-29-31-40-37(42)35-33-39-34-36(35)38(43)41-32-30-28-26-24-22-20-18-16-14-12-10-8-6-4-2;/h35-36,39H,3-34H2,1-2H3,(H,40,42)(H,41,43);1H/t35-,36-;/m1./s1. The lowest BCUT2D eigenvalue weighted by molar-refractivity contribution is -0.132. The molecule has 0 spiro atoms. The van der Waals surface area contributed by atoms with E-state index in [0.29, 0.717) is 13.1 Å². The minimum Gasteiger partial charge on any atom is -0.356 e. The fourth-order valence-corrected chi connectivity index (χ4v) is 6.55. The van der Waals surface area contributed by atoms with Gasteiger partial charge in [-0.2, -0.15) is 0 Å². The van der Waals surface area contributed by atoms with Gasteiger partial charge in [-0.05, 0) is 12.8 Å². The summed E-state index contributed by atoms with van der Waals surface area (Å²) in [5.74, 6) is -0.362. The summed E-state index contributed by atoms with van der Waals surface area (Å²) in [6.07, 6.45) is 37.5. The molecule has 0 radical (unpaired) electrons. The maximum Gasteiger partial charge on any atom is 0.225 e. The van der Waals surface area contributed by atoms with Gasteiger partial charge >= 0.3 is 0 Å². The van der Waals surface area contributed by atoms with Crippen molar-refractivity contribution in [3.8, 4) is 0 Å². The molecule has 1 fully saturated rings. The zero-order valence-corrected chi connectivity index (χ0v) is 30.3. The summed E-state index contributed by atoms with van der Waals surface area (Å²) in [7, 11) is 0. The van der Waals surface area contributed by atoms with E-state index in [1.54, 1.807) is 0 Å². The van der Waals surface area contributed by atoms with Crippen LogP contribution in [0.2, 0.25) is 0 Å².